The first-order valence-electron chi connectivity index (χ1n) is 4.36. The third-order valence-corrected chi connectivity index (χ3v) is 4.57. The molecule has 1 fully saturated rings. The first-order chi connectivity index (χ1) is 5.92. The van der Waals surface area contributed by atoms with Crippen LogP contribution in [0.2, 0.25) is 0 Å². The van der Waals surface area contributed by atoms with Crippen LogP contribution in [0.4, 0.5) is 0 Å². The van der Waals surface area contributed by atoms with Crippen molar-refractivity contribution >= 4 is 15.8 Å². The number of aliphatic carboxylic acids is 1. The standard InChI is InChI=1S/C8H14O4S/c1-2-13(11,12)6-8(7(9)10)4-3-5-8/h2-6H2,1H3,(H,9,10). The highest BCUT2D eigenvalue weighted by molar-refractivity contribution is 7.91. The van der Waals surface area contributed by atoms with E-state index >= 15 is 0 Å². The highest BCUT2D eigenvalue weighted by Crippen LogP contribution is 2.42. The second-order valence-electron chi connectivity index (χ2n) is 3.62. The molecule has 1 rings (SSSR count). The van der Waals surface area contributed by atoms with Gasteiger partial charge in [-0.3, -0.25) is 4.79 Å². The molecule has 0 amide bonds. The summed E-state index contributed by atoms with van der Waals surface area (Å²) in [5.41, 5.74) is -0.963. The summed E-state index contributed by atoms with van der Waals surface area (Å²) < 4.78 is 22.5. The lowest BCUT2D eigenvalue weighted by molar-refractivity contribution is -0.152. The molecule has 0 aliphatic heterocycles. The van der Waals surface area contributed by atoms with Crippen molar-refractivity contribution in [3.8, 4) is 0 Å². The maximum Gasteiger partial charge on any atom is 0.310 e. The van der Waals surface area contributed by atoms with E-state index in [-0.39, 0.29) is 11.5 Å². The van der Waals surface area contributed by atoms with Gasteiger partial charge in [-0.15, -0.1) is 0 Å². The molecule has 0 spiro atoms. The highest BCUT2D eigenvalue weighted by atomic mass is 32.2. The zero-order chi connectivity index (χ0) is 10.1. The minimum atomic E-state index is -3.16. The zero-order valence-corrected chi connectivity index (χ0v) is 8.43. The maximum absolute atomic E-state index is 11.2. The Kier molecular flexibility index (Phi) is 2.66. The molecular formula is C8H14O4S. The third-order valence-electron chi connectivity index (χ3n) is 2.70. The molecule has 0 aromatic carbocycles. The average Bonchev–Trinajstić information content (AvgIpc) is 1.96. The summed E-state index contributed by atoms with van der Waals surface area (Å²) in [5, 5.41) is 8.88. The van der Waals surface area contributed by atoms with E-state index in [4.69, 9.17) is 5.11 Å². The Morgan fingerprint density at radius 2 is 2.00 bits per heavy atom. The Morgan fingerprint density at radius 1 is 1.46 bits per heavy atom. The lowest BCUT2D eigenvalue weighted by Crippen LogP contribution is -2.44. The molecule has 0 aromatic heterocycles. The fraction of sp³-hybridized carbons (Fsp3) is 0.875. The number of hydrogen-bond acceptors (Lipinski definition) is 3. The second-order valence-corrected chi connectivity index (χ2v) is 5.97. The summed E-state index contributed by atoms with van der Waals surface area (Å²) in [5.74, 6) is -1.12. The van der Waals surface area contributed by atoms with Crippen molar-refractivity contribution in [2.24, 2.45) is 5.41 Å². The first kappa shape index (κ1) is 10.5. The van der Waals surface area contributed by atoms with Crippen LogP contribution in [0.15, 0.2) is 0 Å². The quantitative estimate of drug-likeness (QED) is 0.734. The molecule has 5 heteroatoms. The Bertz CT molecular complexity index is 300. The molecular weight excluding hydrogens is 192 g/mol. The monoisotopic (exact) mass is 206 g/mol. The zero-order valence-electron chi connectivity index (χ0n) is 7.62. The van der Waals surface area contributed by atoms with Crippen LogP contribution in [0.1, 0.15) is 26.2 Å². The number of carboxylic acid groups (broad SMARTS) is 1. The van der Waals surface area contributed by atoms with Crippen LogP contribution in [-0.2, 0) is 14.6 Å². The predicted octanol–water partition coefficient (Wildman–Crippen LogP) is 0.676. The Labute approximate surface area is 77.9 Å². The van der Waals surface area contributed by atoms with Gasteiger partial charge in [0, 0.05) is 5.75 Å². The van der Waals surface area contributed by atoms with E-state index in [2.05, 4.69) is 0 Å². The SMILES string of the molecule is CCS(=O)(=O)CC1(C(=O)O)CCC1. The minimum Gasteiger partial charge on any atom is -0.481 e. The van der Waals surface area contributed by atoms with E-state index < -0.39 is 21.2 Å². The van der Waals surface area contributed by atoms with Crippen molar-refractivity contribution in [3.05, 3.63) is 0 Å². The van der Waals surface area contributed by atoms with E-state index in [0.29, 0.717) is 12.8 Å². The molecule has 1 saturated carbocycles. The van der Waals surface area contributed by atoms with Gasteiger partial charge in [0.25, 0.3) is 0 Å². The van der Waals surface area contributed by atoms with Crippen molar-refractivity contribution < 1.29 is 18.3 Å². The molecule has 13 heavy (non-hydrogen) atoms. The van der Waals surface area contributed by atoms with E-state index in [1.807, 2.05) is 0 Å². The van der Waals surface area contributed by atoms with Crippen LogP contribution in [0.25, 0.3) is 0 Å². The highest BCUT2D eigenvalue weighted by Gasteiger charge is 2.47. The molecule has 0 unspecified atom stereocenters. The van der Waals surface area contributed by atoms with Gasteiger partial charge in [-0.1, -0.05) is 13.3 Å². The van der Waals surface area contributed by atoms with Crippen LogP contribution in [0.5, 0.6) is 0 Å². The van der Waals surface area contributed by atoms with Gasteiger partial charge in [0.05, 0.1) is 11.2 Å². The number of carboxylic acids is 1. The van der Waals surface area contributed by atoms with Crippen LogP contribution < -0.4 is 0 Å². The number of carbonyl (C=O) groups is 1. The smallest absolute Gasteiger partial charge is 0.310 e. The summed E-state index contributed by atoms with van der Waals surface area (Å²) in [6.45, 7) is 1.55. The Hall–Kier alpha value is -0.580. The molecule has 1 aliphatic carbocycles. The van der Waals surface area contributed by atoms with Crippen molar-refractivity contribution in [3.63, 3.8) is 0 Å². The van der Waals surface area contributed by atoms with Gasteiger partial charge < -0.3 is 5.11 Å². The molecule has 0 heterocycles. The van der Waals surface area contributed by atoms with Gasteiger partial charge in [0.2, 0.25) is 0 Å². The molecule has 0 aromatic rings. The van der Waals surface area contributed by atoms with Crippen molar-refractivity contribution in [2.75, 3.05) is 11.5 Å². The van der Waals surface area contributed by atoms with E-state index in [1.165, 1.54) is 0 Å². The van der Waals surface area contributed by atoms with E-state index in [9.17, 15) is 13.2 Å². The van der Waals surface area contributed by atoms with Gasteiger partial charge in [-0.25, -0.2) is 8.42 Å². The van der Waals surface area contributed by atoms with Gasteiger partial charge in [-0.05, 0) is 12.8 Å². The van der Waals surface area contributed by atoms with Crippen LogP contribution in [-0.4, -0.2) is 31.0 Å². The lowest BCUT2D eigenvalue weighted by atomic mass is 9.70. The van der Waals surface area contributed by atoms with Crippen molar-refractivity contribution in [1.29, 1.82) is 0 Å². The molecule has 1 N–H and O–H groups in total. The van der Waals surface area contributed by atoms with Gasteiger partial charge in [0.1, 0.15) is 0 Å². The summed E-state index contributed by atoms with van der Waals surface area (Å²) in [7, 11) is -3.16. The second kappa shape index (κ2) is 3.29. The molecule has 76 valence electrons. The number of hydrogen-bond donors (Lipinski definition) is 1. The van der Waals surface area contributed by atoms with Gasteiger partial charge in [0.15, 0.2) is 9.84 Å². The van der Waals surface area contributed by atoms with E-state index in [0.717, 1.165) is 6.42 Å². The minimum absolute atomic E-state index is 0.0298. The molecule has 4 nitrogen and oxygen atoms in total. The molecule has 1 aliphatic rings. The normalized spacial score (nSPS) is 20.7. The maximum atomic E-state index is 11.2. The van der Waals surface area contributed by atoms with Crippen LogP contribution in [0.3, 0.4) is 0 Å². The molecule has 0 bridgehead atoms. The van der Waals surface area contributed by atoms with Gasteiger partial charge in [-0.2, -0.15) is 0 Å². The van der Waals surface area contributed by atoms with Crippen LogP contribution in [0, 0.1) is 5.41 Å². The Balaban J connectivity index is 2.76. The fourth-order valence-corrected chi connectivity index (χ4v) is 3.00. The largest absolute Gasteiger partial charge is 0.481 e. The predicted molar refractivity (Wildman–Crippen MR) is 48.2 cm³/mol. The number of rotatable bonds is 4. The lowest BCUT2D eigenvalue weighted by Gasteiger charge is -2.36. The topological polar surface area (TPSA) is 71.4 Å². The summed E-state index contributed by atoms with van der Waals surface area (Å²) in [4.78, 5) is 10.8. The van der Waals surface area contributed by atoms with E-state index in [1.54, 1.807) is 6.92 Å². The first-order valence-corrected chi connectivity index (χ1v) is 6.18. The molecule has 0 saturated heterocycles. The molecule has 0 atom stereocenters. The number of sulfone groups is 1. The average molecular weight is 206 g/mol. The Morgan fingerprint density at radius 3 is 2.23 bits per heavy atom. The fourth-order valence-electron chi connectivity index (χ4n) is 1.55. The summed E-state index contributed by atoms with van der Waals surface area (Å²) in [6.07, 6.45) is 1.83. The van der Waals surface area contributed by atoms with Crippen molar-refractivity contribution in [1.82, 2.24) is 0 Å². The summed E-state index contributed by atoms with van der Waals surface area (Å²) >= 11 is 0. The summed E-state index contributed by atoms with van der Waals surface area (Å²) in [6, 6.07) is 0. The van der Waals surface area contributed by atoms with Gasteiger partial charge >= 0.3 is 5.97 Å². The molecule has 0 radical (unpaired) electrons. The van der Waals surface area contributed by atoms with Crippen LogP contribution >= 0.6 is 0 Å². The third kappa shape index (κ3) is 2.02. The van der Waals surface area contributed by atoms with Crippen molar-refractivity contribution in [2.45, 2.75) is 26.2 Å².